The van der Waals surface area contributed by atoms with E-state index in [1.54, 1.807) is 12.1 Å². The van der Waals surface area contributed by atoms with Gasteiger partial charge in [0.15, 0.2) is 0 Å². The fourth-order valence-corrected chi connectivity index (χ4v) is 2.82. The SMILES string of the molecule is CC(c1ccc(S(N)(=O)=O)cc1)N(C)Cc1cccc(N)c1. The molecule has 0 saturated heterocycles. The molecule has 0 amide bonds. The number of primary sulfonamides is 1. The molecule has 0 saturated carbocycles. The Balaban J connectivity index is 2.12. The van der Waals surface area contributed by atoms with Crippen molar-refractivity contribution in [3.8, 4) is 0 Å². The number of benzene rings is 2. The fourth-order valence-electron chi connectivity index (χ4n) is 2.31. The third-order valence-electron chi connectivity index (χ3n) is 3.74. The van der Waals surface area contributed by atoms with Crippen LogP contribution in [-0.2, 0) is 16.6 Å². The quantitative estimate of drug-likeness (QED) is 0.826. The number of anilines is 1. The van der Waals surface area contributed by atoms with E-state index in [2.05, 4.69) is 11.8 Å². The van der Waals surface area contributed by atoms with Gasteiger partial charge < -0.3 is 5.73 Å². The van der Waals surface area contributed by atoms with Gasteiger partial charge in [0.2, 0.25) is 10.0 Å². The normalized spacial score (nSPS) is 13.3. The Kier molecular flexibility index (Phi) is 4.85. The number of nitrogen functional groups attached to an aromatic ring is 1. The summed E-state index contributed by atoms with van der Waals surface area (Å²) in [6.07, 6.45) is 0. The van der Waals surface area contributed by atoms with Crippen LogP contribution in [0.15, 0.2) is 53.4 Å². The van der Waals surface area contributed by atoms with Gasteiger partial charge in [0, 0.05) is 18.3 Å². The molecule has 0 aliphatic carbocycles. The highest BCUT2D eigenvalue weighted by atomic mass is 32.2. The van der Waals surface area contributed by atoms with Crippen LogP contribution in [0, 0.1) is 0 Å². The van der Waals surface area contributed by atoms with E-state index in [1.807, 2.05) is 31.3 Å². The molecular formula is C16H21N3O2S. The molecule has 1 atom stereocenters. The standard InChI is InChI=1S/C16H21N3O2S/c1-12(14-6-8-16(9-7-14)22(18,20)21)19(2)11-13-4-3-5-15(17)10-13/h3-10,12H,11,17H2,1-2H3,(H2,18,20,21). The predicted octanol–water partition coefficient (Wildman–Crippen LogP) is 2.11. The van der Waals surface area contributed by atoms with Gasteiger partial charge >= 0.3 is 0 Å². The maximum Gasteiger partial charge on any atom is 0.238 e. The minimum absolute atomic E-state index is 0.127. The highest BCUT2D eigenvalue weighted by Gasteiger charge is 2.14. The van der Waals surface area contributed by atoms with Crippen molar-refractivity contribution < 1.29 is 8.42 Å². The zero-order valence-corrected chi connectivity index (χ0v) is 13.5. The summed E-state index contributed by atoms with van der Waals surface area (Å²) in [5.41, 5.74) is 8.70. The van der Waals surface area contributed by atoms with Gasteiger partial charge in [0.1, 0.15) is 0 Å². The molecule has 6 heteroatoms. The first kappa shape index (κ1) is 16.5. The van der Waals surface area contributed by atoms with Crippen LogP contribution < -0.4 is 10.9 Å². The molecule has 0 heterocycles. The molecule has 2 aromatic carbocycles. The molecule has 0 bridgehead atoms. The molecule has 0 spiro atoms. The average molecular weight is 319 g/mol. The number of nitrogens with zero attached hydrogens (tertiary/aromatic N) is 1. The van der Waals surface area contributed by atoms with E-state index in [9.17, 15) is 8.42 Å². The lowest BCUT2D eigenvalue weighted by molar-refractivity contribution is 0.253. The van der Waals surface area contributed by atoms with Crippen molar-refractivity contribution in [2.45, 2.75) is 24.4 Å². The Morgan fingerprint density at radius 2 is 1.77 bits per heavy atom. The molecule has 2 aromatic rings. The molecule has 0 radical (unpaired) electrons. The molecule has 0 fully saturated rings. The molecule has 4 N–H and O–H groups in total. The van der Waals surface area contributed by atoms with Gasteiger partial charge in [-0.05, 0) is 49.4 Å². The Morgan fingerprint density at radius 3 is 2.32 bits per heavy atom. The molecular weight excluding hydrogens is 298 g/mol. The average Bonchev–Trinajstić information content (AvgIpc) is 2.45. The zero-order chi connectivity index (χ0) is 16.3. The number of nitrogens with two attached hydrogens (primary N) is 2. The van der Waals surface area contributed by atoms with E-state index in [4.69, 9.17) is 10.9 Å². The van der Waals surface area contributed by atoms with Crippen molar-refractivity contribution >= 4 is 15.7 Å². The second-order valence-electron chi connectivity index (χ2n) is 5.45. The van der Waals surface area contributed by atoms with Gasteiger partial charge in [-0.3, -0.25) is 4.90 Å². The first-order valence-electron chi connectivity index (χ1n) is 6.95. The maximum atomic E-state index is 11.3. The summed E-state index contributed by atoms with van der Waals surface area (Å²) in [5.74, 6) is 0. The lowest BCUT2D eigenvalue weighted by atomic mass is 10.1. The first-order valence-corrected chi connectivity index (χ1v) is 8.49. The number of hydrogen-bond donors (Lipinski definition) is 2. The molecule has 0 aliphatic heterocycles. The minimum atomic E-state index is -3.65. The summed E-state index contributed by atoms with van der Waals surface area (Å²) < 4.78 is 22.6. The van der Waals surface area contributed by atoms with E-state index >= 15 is 0 Å². The lowest BCUT2D eigenvalue weighted by Crippen LogP contribution is -2.22. The van der Waals surface area contributed by atoms with E-state index in [-0.39, 0.29) is 10.9 Å². The van der Waals surface area contributed by atoms with Crippen LogP contribution in [0.5, 0.6) is 0 Å². The predicted molar refractivity (Wildman–Crippen MR) is 88.6 cm³/mol. The van der Waals surface area contributed by atoms with Crippen LogP contribution in [0.2, 0.25) is 0 Å². The molecule has 5 nitrogen and oxygen atoms in total. The third kappa shape index (κ3) is 4.07. The fraction of sp³-hybridized carbons (Fsp3) is 0.250. The third-order valence-corrected chi connectivity index (χ3v) is 4.66. The summed E-state index contributed by atoms with van der Waals surface area (Å²) in [4.78, 5) is 2.29. The van der Waals surface area contributed by atoms with Crippen LogP contribution in [0.25, 0.3) is 0 Å². The lowest BCUT2D eigenvalue weighted by Gasteiger charge is -2.25. The van der Waals surface area contributed by atoms with Crippen molar-refractivity contribution in [2.24, 2.45) is 5.14 Å². The van der Waals surface area contributed by atoms with Gasteiger partial charge in [-0.1, -0.05) is 24.3 Å². The van der Waals surface area contributed by atoms with Crippen molar-refractivity contribution in [3.05, 3.63) is 59.7 Å². The largest absolute Gasteiger partial charge is 0.399 e. The van der Waals surface area contributed by atoms with Crippen molar-refractivity contribution in [1.29, 1.82) is 0 Å². The van der Waals surface area contributed by atoms with Crippen LogP contribution >= 0.6 is 0 Å². The number of rotatable bonds is 5. The van der Waals surface area contributed by atoms with E-state index < -0.39 is 10.0 Å². The molecule has 0 aromatic heterocycles. The minimum Gasteiger partial charge on any atom is -0.399 e. The second-order valence-corrected chi connectivity index (χ2v) is 7.01. The monoisotopic (exact) mass is 319 g/mol. The summed E-state index contributed by atoms with van der Waals surface area (Å²) in [6, 6.07) is 14.6. The maximum absolute atomic E-state index is 11.3. The van der Waals surface area contributed by atoms with Crippen molar-refractivity contribution in [2.75, 3.05) is 12.8 Å². The van der Waals surface area contributed by atoms with Gasteiger partial charge in [0.25, 0.3) is 0 Å². The Bertz CT molecular complexity index is 742. The smallest absolute Gasteiger partial charge is 0.238 e. The van der Waals surface area contributed by atoms with Crippen LogP contribution in [-0.4, -0.2) is 20.4 Å². The van der Waals surface area contributed by atoms with Gasteiger partial charge in [-0.25, -0.2) is 13.6 Å². The highest BCUT2D eigenvalue weighted by molar-refractivity contribution is 7.89. The van der Waals surface area contributed by atoms with Gasteiger partial charge in [-0.2, -0.15) is 0 Å². The summed E-state index contributed by atoms with van der Waals surface area (Å²) in [6.45, 7) is 2.82. The second kappa shape index (κ2) is 6.48. The summed E-state index contributed by atoms with van der Waals surface area (Å²) >= 11 is 0. The Hall–Kier alpha value is -1.89. The van der Waals surface area contributed by atoms with Crippen LogP contribution in [0.4, 0.5) is 5.69 Å². The van der Waals surface area contributed by atoms with E-state index in [0.717, 1.165) is 23.4 Å². The highest BCUT2D eigenvalue weighted by Crippen LogP contribution is 2.22. The molecule has 1 unspecified atom stereocenters. The van der Waals surface area contributed by atoms with Crippen molar-refractivity contribution in [1.82, 2.24) is 4.90 Å². The van der Waals surface area contributed by atoms with Gasteiger partial charge in [-0.15, -0.1) is 0 Å². The Morgan fingerprint density at radius 1 is 1.14 bits per heavy atom. The zero-order valence-electron chi connectivity index (χ0n) is 12.7. The number of hydrogen-bond acceptors (Lipinski definition) is 4. The Labute approximate surface area is 131 Å². The number of sulfonamides is 1. The van der Waals surface area contributed by atoms with Crippen molar-refractivity contribution in [3.63, 3.8) is 0 Å². The van der Waals surface area contributed by atoms with Crippen LogP contribution in [0.3, 0.4) is 0 Å². The molecule has 2 rings (SSSR count). The first-order chi connectivity index (χ1) is 10.3. The van der Waals surface area contributed by atoms with Gasteiger partial charge in [0.05, 0.1) is 4.90 Å². The molecule has 118 valence electrons. The summed E-state index contributed by atoms with van der Waals surface area (Å²) in [5, 5.41) is 5.11. The van der Waals surface area contributed by atoms with Crippen LogP contribution in [0.1, 0.15) is 24.1 Å². The van der Waals surface area contributed by atoms with E-state index in [1.165, 1.54) is 12.1 Å². The molecule has 0 aliphatic rings. The molecule has 22 heavy (non-hydrogen) atoms. The summed E-state index contributed by atoms with van der Waals surface area (Å²) in [7, 11) is -1.63. The topological polar surface area (TPSA) is 89.4 Å². The van der Waals surface area contributed by atoms with E-state index in [0.29, 0.717) is 0 Å².